The van der Waals surface area contributed by atoms with E-state index in [0.29, 0.717) is 11.4 Å². The minimum absolute atomic E-state index is 0.0221. The molecule has 0 saturated carbocycles. The van der Waals surface area contributed by atoms with Gasteiger partial charge in [0, 0.05) is 17.4 Å². The number of anilines is 2. The van der Waals surface area contributed by atoms with Gasteiger partial charge in [-0.25, -0.2) is 0 Å². The lowest BCUT2D eigenvalue weighted by Crippen LogP contribution is -2.14. The summed E-state index contributed by atoms with van der Waals surface area (Å²) in [6.45, 7) is 0. The zero-order valence-electron chi connectivity index (χ0n) is 10.9. The van der Waals surface area contributed by atoms with Gasteiger partial charge in [-0.2, -0.15) is 0 Å². The number of rotatable bonds is 4. The Morgan fingerprint density at radius 2 is 2.05 bits per heavy atom. The summed E-state index contributed by atoms with van der Waals surface area (Å²) in [4.78, 5) is 22.1. The molecule has 0 radical (unpaired) electrons. The first-order valence-corrected chi connectivity index (χ1v) is 6.42. The number of nitro groups is 1. The Morgan fingerprint density at radius 3 is 2.71 bits per heavy atom. The van der Waals surface area contributed by atoms with Gasteiger partial charge in [0.25, 0.3) is 5.69 Å². The first-order chi connectivity index (χ1) is 9.95. The molecule has 0 unspecified atom stereocenters. The monoisotopic (exact) mass is 305 g/mol. The Hall–Kier alpha value is -2.60. The molecular formula is C14H12ClN3O3. The maximum Gasteiger partial charge on any atom is 0.289 e. The Balaban J connectivity index is 2.09. The predicted octanol–water partition coefficient (Wildman–Crippen LogP) is 3.01. The van der Waals surface area contributed by atoms with Gasteiger partial charge in [-0.05, 0) is 29.8 Å². The molecule has 6 nitrogen and oxygen atoms in total. The summed E-state index contributed by atoms with van der Waals surface area (Å²) in [5, 5.41) is 13.4. The van der Waals surface area contributed by atoms with Crippen molar-refractivity contribution in [1.82, 2.24) is 0 Å². The number of benzene rings is 2. The van der Waals surface area contributed by atoms with Crippen molar-refractivity contribution in [1.29, 1.82) is 0 Å². The highest BCUT2D eigenvalue weighted by atomic mass is 35.5. The van der Waals surface area contributed by atoms with Crippen LogP contribution in [0.2, 0.25) is 5.02 Å². The van der Waals surface area contributed by atoms with Crippen LogP contribution in [0, 0.1) is 10.1 Å². The second-order valence-electron chi connectivity index (χ2n) is 4.39. The number of nitrogens with one attached hydrogen (secondary N) is 1. The number of carbonyl (C=O) groups is 1. The number of nitro benzene ring substituents is 1. The first kappa shape index (κ1) is 14.8. The summed E-state index contributed by atoms with van der Waals surface area (Å²) in [5.41, 5.74) is 7.04. The van der Waals surface area contributed by atoms with Crippen LogP contribution in [0.1, 0.15) is 5.56 Å². The van der Waals surface area contributed by atoms with Crippen molar-refractivity contribution in [2.75, 3.05) is 11.1 Å². The summed E-state index contributed by atoms with van der Waals surface area (Å²) in [6.07, 6.45) is 0.126. The van der Waals surface area contributed by atoms with E-state index in [1.165, 1.54) is 18.2 Å². The number of nitrogens with zero attached hydrogens (tertiary/aromatic N) is 1. The number of halogens is 1. The molecule has 21 heavy (non-hydrogen) atoms. The second-order valence-corrected chi connectivity index (χ2v) is 4.80. The molecule has 108 valence electrons. The normalized spacial score (nSPS) is 10.1. The zero-order valence-corrected chi connectivity index (χ0v) is 11.6. The second kappa shape index (κ2) is 6.23. The molecule has 2 aromatic rings. The third-order valence-corrected chi connectivity index (χ3v) is 3.06. The van der Waals surface area contributed by atoms with Crippen LogP contribution >= 0.6 is 11.6 Å². The van der Waals surface area contributed by atoms with E-state index >= 15 is 0 Å². The summed E-state index contributed by atoms with van der Waals surface area (Å²) in [5.74, 6) is -0.294. The van der Waals surface area contributed by atoms with Crippen LogP contribution in [-0.2, 0) is 11.2 Å². The minimum atomic E-state index is -0.601. The number of amides is 1. The van der Waals surface area contributed by atoms with Crippen molar-refractivity contribution in [3.8, 4) is 0 Å². The molecule has 0 heterocycles. The first-order valence-electron chi connectivity index (χ1n) is 6.04. The average Bonchev–Trinajstić information content (AvgIpc) is 2.40. The zero-order chi connectivity index (χ0) is 15.4. The van der Waals surface area contributed by atoms with Crippen molar-refractivity contribution >= 4 is 34.6 Å². The fourth-order valence-electron chi connectivity index (χ4n) is 1.82. The maximum absolute atomic E-state index is 11.9. The van der Waals surface area contributed by atoms with E-state index in [1.54, 1.807) is 24.3 Å². The number of nitrogens with two attached hydrogens (primary N) is 1. The van der Waals surface area contributed by atoms with Gasteiger partial charge >= 0.3 is 0 Å². The number of nitrogen functional groups attached to an aromatic ring is 1. The summed E-state index contributed by atoms with van der Waals surface area (Å²) in [6, 6.07) is 11.1. The molecule has 0 aliphatic carbocycles. The van der Waals surface area contributed by atoms with Crippen molar-refractivity contribution < 1.29 is 9.72 Å². The summed E-state index contributed by atoms with van der Waals surface area (Å²) in [7, 11) is 0. The summed E-state index contributed by atoms with van der Waals surface area (Å²) >= 11 is 5.71. The van der Waals surface area contributed by atoms with Gasteiger partial charge in [0.2, 0.25) is 5.91 Å². The molecule has 7 heteroatoms. The molecule has 0 aromatic heterocycles. The van der Waals surface area contributed by atoms with Crippen LogP contribution in [0.3, 0.4) is 0 Å². The molecule has 0 atom stereocenters. The van der Waals surface area contributed by atoms with E-state index in [-0.39, 0.29) is 23.0 Å². The summed E-state index contributed by atoms with van der Waals surface area (Å²) < 4.78 is 0. The van der Waals surface area contributed by atoms with Gasteiger partial charge < -0.3 is 11.1 Å². The van der Waals surface area contributed by atoms with Crippen LogP contribution in [-0.4, -0.2) is 10.8 Å². The molecule has 0 bridgehead atoms. The Bertz CT molecular complexity index is 704. The molecule has 2 rings (SSSR count). The highest BCUT2D eigenvalue weighted by Crippen LogP contribution is 2.27. The topological polar surface area (TPSA) is 98.3 Å². The van der Waals surface area contributed by atoms with Crippen LogP contribution in [0.15, 0.2) is 42.5 Å². The lowest BCUT2D eigenvalue weighted by atomic mass is 10.1. The van der Waals surface area contributed by atoms with E-state index in [0.717, 1.165) is 5.56 Å². The fraction of sp³-hybridized carbons (Fsp3) is 0.0714. The molecule has 3 N–H and O–H groups in total. The van der Waals surface area contributed by atoms with Gasteiger partial charge in [0.05, 0.1) is 11.3 Å². The molecule has 1 amide bonds. The van der Waals surface area contributed by atoms with Crippen LogP contribution in [0.25, 0.3) is 0 Å². The standard InChI is InChI=1S/C14H12ClN3O3/c15-12-5-4-11(8-13(12)18(20)21)17-14(19)7-9-2-1-3-10(16)6-9/h1-6,8H,7,16H2,(H,17,19). The van der Waals surface area contributed by atoms with Crippen LogP contribution in [0.5, 0.6) is 0 Å². The fourth-order valence-corrected chi connectivity index (χ4v) is 2.01. The van der Waals surface area contributed by atoms with Crippen LogP contribution < -0.4 is 11.1 Å². The quantitative estimate of drug-likeness (QED) is 0.515. The predicted molar refractivity (Wildman–Crippen MR) is 81.3 cm³/mol. The van der Waals surface area contributed by atoms with Gasteiger partial charge in [-0.3, -0.25) is 14.9 Å². The van der Waals surface area contributed by atoms with E-state index in [9.17, 15) is 14.9 Å². The Kier molecular flexibility index (Phi) is 4.39. The molecular weight excluding hydrogens is 294 g/mol. The van der Waals surface area contributed by atoms with E-state index in [2.05, 4.69) is 5.32 Å². The molecule has 0 saturated heterocycles. The molecule has 0 fully saturated rings. The Labute approximate surface area is 125 Å². The average molecular weight is 306 g/mol. The highest BCUT2D eigenvalue weighted by molar-refractivity contribution is 6.32. The van der Waals surface area contributed by atoms with E-state index in [1.807, 2.05) is 0 Å². The van der Waals surface area contributed by atoms with Gasteiger partial charge in [0.15, 0.2) is 0 Å². The SMILES string of the molecule is Nc1cccc(CC(=O)Nc2ccc(Cl)c([N+](=O)[O-])c2)c1. The minimum Gasteiger partial charge on any atom is -0.399 e. The molecule has 0 spiro atoms. The van der Waals surface area contributed by atoms with Crippen molar-refractivity contribution in [3.05, 3.63) is 63.2 Å². The van der Waals surface area contributed by atoms with Crippen molar-refractivity contribution in [2.24, 2.45) is 0 Å². The number of carbonyl (C=O) groups excluding carboxylic acids is 1. The van der Waals surface area contributed by atoms with Gasteiger partial charge in [-0.1, -0.05) is 23.7 Å². The van der Waals surface area contributed by atoms with Crippen molar-refractivity contribution in [3.63, 3.8) is 0 Å². The third kappa shape index (κ3) is 3.93. The van der Waals surface area contributed by atoms with Crippen molar-refractivity contribution in [2.45, 2.75) is 6.42 Å². The maximum atomic E-state index is 11.9. The van der Waals surface area contributed by atoms with Gasteiger partial charge in [0.1, 0.15) is 5.02 Å². The number of hydrogen-bond acceptors (Lipinski definition) is 4. The molecule has 0 aliphatic heterocycles. The highest BCUT2D eigenvalue weighted by Gasteiger charge is 2.14. The lowest BCUT2D eigenvalue weighted by molar-refractivity contribution is -0.384. The number of hydrogen-bond donors (Lipinski definition) is 2. The largest absolute Gasteiger partial charge is 0.399 e. The van der Waals surface area contributed by atoms with Gasteiger partial charge in [-0.15, -0.1) is 0 Å². The van der Waals surface area contributed by atoms with E-state index < -0.39 is 4.92 Å². The lowest BCUT2D eigenvalue weighted by Gasteiger charge is -2.06. The Morgan fingerprint density at radius 1 is 1.29 bits per heavy atom. The third-order valence-electron chi connectivity index (χ3n) is 2.74. The molecule has 2 aromatic carbocycles. The van der Waals surface area contributed by atoms with E-state index in [4.69, 9.17) is 17.3 Å². The molecule has 0 aliphatic rings. The smallest absolute Gasteiger partial charge is 0.289 e. The van der Waals surface area contributed by atoms with Crippen LogP contribution in [0.4, 0.5) is 17.1 Å².